The van der Waals surface area contributed by atoms with E-state index >= 15 is 0 Å². The molecule has 1 aromatic carbocycles. The van der Waals surface area contributed by atoms with Crippen LogP contribution in [0.4, 0.5) is 13.2 Å². The van der Waals surface area contributed by atoms with Crippen LogP contribution in [0.2, 0.25) is 0 Å². The van der Waals surface area contributed by atoms with Gasteiger partial charge in [-0.25, -0.2) is 0 Å². The van der Waals surface area contributed by atoms with Crippen molar-refractivity contribution >= 4 is 11.9 Å². The summed E-state index contributed by atoms with van der Waals surface area (Å²) in [4.78, 5) is 13.1. The largest absolute Gasteiger partial charge is 0.416 e. The summed E-state index contributed by atoms with van der Waals surface area (Å²) in [6, 6.07) is 4.81. The van der Waals surface area contributed by atoms with E-state index < -0.39 is 11.7 Å². The van der Waals surface area contributed by atoms with Crippen molar-refractivity contribution in [1.29, 1.82) is 0 Å². The zero-order valence-electron chi connectivity index (χ0n) is 10.6. The van der Waals surface area contributed by atoms with Gasteiger partial charge in [-0.05, 0) is 23.8 Å². The number of hydrogen-bond donors (Lipinski definition) is 0. The van der Waals surface area contributed by atoms with Gasteiger partial charge in [0.15, 0.2) is 5.78 Å². The third-order valence-electron chi connectivity index (χ3n) is 2.19. The van der Waals surface area contributed by atoms with Gasteiger partial charge in [0.1, 0.15) is 0 Å². The molecule has 0 aliphatic heterocycles. The Bertz CT molecular complexity index is 502. The van der Waals surface area contributed by atoms with Crippen molar-refractivity contribution in [3.05, 3.63) is 53.7 Å². The first-order valence-electron chi connectivity index (χ1n) is 5.53. The number of hydrogen-bond acceptors (Lipinski definition) is 2. The van der Waals surface area contributed by atoms with Crippen molar-refractivity contribution in [1.82, 2.24) is 4.90 Å². The van der Waals surface area contributed by atoms with Crippen LogP contribution in [0.3, 0.4) is 0 Å². The smallest absolute Gasteiger partial charge is 0.383 e. The van der Waals surface area contributed by atoms with Gasteiger partial charge in [-0.3, -0.25) is 4.79 Å². The minimum absolute atomic E-state index is 0.286. The summed E-state index contributed by atoms with van der Waals surface area (Å²) < 4.78 is 37.4. The predicted molar refractivity (Wildman–Crippen MR) is 68.3 cm³/mol. The molecule has 0 spiro atoms. The molecule has 1 aromatic rings. The number of alkyl halides is 3. The van der Waals surface area contributed by atoms with Gasteiger partial charge in [0, 0.05) is 26.4 Å². The number of carbonyl (C=O) groups is 1. The van der Waals surface area contributed by atoms with Crippen LogP contribution < -0.4 is 0 Å². The quantitative estimate of drug-likeness (QED) is 0.781. The summed E-state index contributed by atoms with van der Waals surface area (Å²) in [7, 11) is 3.53. The monoisotopic (exact) mass is 269 g/mol. The molecule has 0 fully saturated rings. The van der Waals surface area contributed by atoms with Crippen LogP contribution in [-0.2, 0) is 11.0 Å². The van der Waals surface area contributed by atoms with Crippen molar-refractivity contribution in [3.63, 3.8) is 0 Å². The zero-order chi connectivity index (χ0) is 14.5. The molecule has 0 unspecified atom stereocenters. The molecule has 19 heavy (non-hydrogen) atoms. The number of rotatable bonds is 4. The summed E-state index contributed by atoms with van der Waals surface area (Å²) in [5, 5.41) is 0. The summed E-state index contributed by atoms with van der Waals surface area (Å²) in [5.74, 6) is -0.286. The second-order valence-corrected chi connectivity index (χ2v) is 4.14. The Morgan fingerprint density at radius 3 is 2.47 bits per heavy atom. The first-order valence-corrected chi connectivity index (χ1v) is 5.53. The Balaban J connectivity index is 2.80. The molecule has 0 radical (unpaired) electrons. The van der Waals surface area contributed by atoms with Crippen LogP contribution in [0.1, 0.15) is 11.1 Å². The standard InChI is InChI=1S/C14H14F3NO/c1-18(2)9-8-13(19)7-6-11-4-3-5-12(10-11)14(15,16)17/h3-10H,1-2H3/b7-6+,9-8+. The highest BCUT2D eigenvalue weighted by atomic mass is 19.4. The van der Waals surface area contributed by atoms with E-state index in [0.29, 0.717) is 5.56 Å². The Kier molecular flexibility index (Phi) is 4.92. The number of allylic oxidation sites excluding steroid dienone is 2. The van der Waals surface area contributed by atoms with E-state index in [-0.39, 0.29) is 5.78 Å². The van der Waals surface area contributed by atoms with Crippen LogP contribution in [0, 0.1) is 0 Å². The lowest BCUT2D eigenvalue weighted by atomic mass is 10.1. The summed E-state index contributed by atoms with van der Waals surface area (Å²) in [6.45, 7) is 0. The molecule has 0 saturated carbocycles. The Labute approximate surface area is 109 Å². The molecule has 1 rings (SSSR count). The zero-order valence-corrected chi connectivity index (χ0v) is 10.6. The molecule has 0 atom stereocenters. The van der Waals surface area contributed by atoms with Gasteiger partial charge >= 0.3 is 6.18 Å². The summed E-state index contributed by atoms with van der Waals surface area (Å²) >= 11 is 0. The molecule has 0 amide bonds. The average molecular weight is 269 g/mol. The summed E-state index contributed by atoms with van der Waals surface area (Å²) in [6.07, 6.45) is 1.12. The lowest BCUT2D eigenvalue weighted by Gasteiger charge is -2.06. The molecule has 0 heterocycles. The van der Waals surface area contributed by atoms with Crippen molar-refractivity contribution < 1.29 is 18.0 Å². The van der Waals surface area contributed by atoms with Gasteiger partial charge in [-0.2, -0.15) is 13.2 Å². The van der Waals surface area contributed by atoms with Crippen LogP contribution in [0.5, 0.6) is 0 Å². The molecule has 0 N–H and O–H groups in total. The van der Waals surface area contributed by atoms with Crippen LogP contribution in [0.25, 0.3) is 6.08 Å². The molecular weight excluding hydrogens is 255 g/mol. The van der Waals surface area contributed by atoms with E-state index in [2.05, 4.69) is 0 Å². The topological polar surface area (TPSA) is 20.3 Å². The number of nitrogens with zero attached hydrogens (tertiary/aromatic N) is 1. The Morgan fingerprint density at radius 1 is 1.21 bits per heavy atom. The first kappa shape index (κ1) is 15.0. The minimum atomic E-state index is -4.38. The van der Waals surface area contributed by atoms with Gasteiger partial charge < -0.3 is 4.90 Å². The Morgan fingerprint density at radius 2 is 1.89 bits per heavy atom. The highest BCUT2D eigenvalue weighted by molar-refractivity contribution is 6.01. The fourth-order valence-electron chi connectivity index (χ4n) is 1.28. The molecule has 0 bridgehead atoms. The van der Waals surface area contributed by atoms with Gasteiger partial charge in [0.2, 0.25) is 0 Å². The van der Waals surface area contributed by atoms with E-state index in [4.69, 9.17) is 0 Å². The first-order chi connectivity index (χ1) is 8.79. The number of benzene rings is 1. The van der Waals surface area contributed by atoms with Crippen molar-refractivity contribution in [2.75, 3.05) is 14.1 Å². The van der Waals surface area contributed by atoms with Crippen LogP contribution in [-0.4, -0.2) is 24.8 Å². The van der Waals surface area contributed by atoms with E-state index in [1.807, 2.05) is 0 Å². The lowest BCUT2D eigenvalue weighted by molar-refractivity contribution is -0.137. The van der Waals surface area contributed by atoms with Gasteiger partial charge in [0.05, 0.1) is 5.56 Å². The molecule has 0 aromatic heterocycles. The molecule has 102 valence electrons. The fourth-order valence-corrected chi connectivity index (χ4v) is 1.28. The van der Waals surface area contributed by atoms with Gasteiger partial charge in [-0.1, -0.05) is 18.2 Å². The fraction of sp³-hybridized carbons (Fsp3) is 0.214. The third kappa shape index (κ3) is 5.42. The van der Waals surface area contributed by atoms with E-state index in [1.165, 1.54) is 30.4 Å². The number of halogens is 3. The second kappa shape index (κ2) is 6.22. The van der Waals surface area contributed by atoms with Crippen molar-refractivity contribution in [3.8, 4) is 0 Å². The minimum Gasteiger partial charge on any atom is -0.383 e. The van der Waals surface area contributed by atoms with Crippen LogP contribution in [0.15, 0.2) is 42.6 Å². The van der Waals surface area contributed by atoms with Gasteiger partial charge in [0.25, 0.3) is 0 Å². The third-order valence-corrected chi connectivity index (χ3v) is 2.19. The molecule has 0 aliphatic carbocycles. The number of carbonyl (C=O) groups excluding carboxylic acids is 1. The SMILES string of the molecule is CN(C)/C=C/C(=O)/C=C/c1cccc(C(F)(F)F)c1. The van der Waals surface area contributed by atoms with Gasteiger partial charge in [-0.15, -0.1) is 0 Å². The number of ketones is 1. The Hall–Kier alpha value is -2.04. The molecular formula is C14H14F3NO. The van der Waals surface area contributed by atoms with E-state index in [9.17, 15) is 18.0 Å². The maximum Gasteiger partial charge on any atom is 0.416 e. The predicted octanol–water partition coefficient (Wildman–Crippen LogP) is 3.36. The maximum atomic E-state index is 12.5. The summed E-state index contributed by atoms with van der Waals surface area (Å²) in [5.41, 5.74) is -0.396. The second-order valence-electron chi connectivity index (χ2n) is 4.14. The van der Waals surface area contributed by atoms with Crippen molar-refractivity contribution in [2.45, 2.75) is 6.18 Å². The van der Waals surface area contributed by atoms with E-state index in [0.717, 1.165) is 12.1 Å². The normalized spacial score (nSPS) is 12.3. The highest BCUT2D eigenvalue weighted by Crippen LogP contribution is 2.29. The van der Waals surface area contributed by atoms with E-state index in [1.54, 1.807) is 25.2 Å². The molecule has 0 saturated heterocycles. The highest BCUT2D eigenvalue weighted by Gasteiger charge is 2.30. The van der Waals surface area contributed by atoms with Crippen molar-refractivity contribution in [2.24, 2.45) is 0 Å². The molecule has 0 aliphatic rings. The van der Waals surface area contributed by atoms with Crippen LogP contribution >= 0.6 is 0 Å². The maximum absolute atomic E-state index is 12.5. The average Bonchev–Trinajstić information content (AvgIpc) is 2.33. The molecule has 2 nitrogen and oxygen atoms in total. The molecule has 5 heteroatoms. The lowest BCUT2D eigenvalue weighted by Crippen LogP contribution is -2.04.